The molecule has 1 aromatic heterocycles. The standard InChI is InChI=1S/C23H34N4O2S/c1-3-4-14-27(15-13-22(28)24-19-10-6-5-7-11-19)23-25-21(26-30-23)17-18-9-8-12-20(16-18)29-2/h8-9,12,16,19H,3-7,10-11,13-15,17H2,1-2H3,(H,24,28). The molecular weight excluding hydrogens is 396 g/mol. The Kier molecular flexibility index (Phi) is 8.93. The predicted molar refractivity (Wildman–Crippen MR) is 122 cm³/mol. The Morgan fingerprint density at radius 2 is 2.10 bits per heavy atom. The highest BCUT2D eigenvalue weighted by Crippen LogP contribution is 2.22. The lowest BCUT2D eigenvalue weighted by Gasteiger charge is -2.24. The van der Waals surface area contributed by atoms with Crippen LogP contribution < -0.4 is 15.0 Å². The monoisotopic (exact) mass is 430 g/mol. The van der Waals surface area contributed by atoms with Crippen molar-refractivity contribution in [1.82, 2.24) is 14.7 Å². The summed E-state index contributed by atoms with van der Waals surface area (Å²) in [6.07, 6.45) is 9.37. The molecule has 1 aliphatic rings. The molecule has 0 saturated heterocycles. The lowest BCUT2D eigenvalue weighted by Crippen LogP contribution is -2.38. The molecule has 30 heavy (non-hydrogen) atoms. The van der Waals surface area contributed by atoms with Gasteiger partial charge >= 0.3 is 0 Å². The van der Waals surface area contributed by atoms with Crippen LogP contribution in [-0.4, -0.2) is 41.5 Å². The average Bonchev–Trinajstić information content (AvgIpc) is 3.23. The van der Waals surface area contributed by atoms with Gasteiger partial charge in [0.2, 0.25) is 11.0 Å². The van der Waals surface area contributed by atoms with Gasteiger partial charge in [0.25, 0.3) is 0 Å². The third-order valence-electron chi connectivity index (χ3n) is 5.58. The normalized spacial score (nSPS) is 14.5. The first-order valence-electron chi connectivity index (χ1n) is 11.2. The van der Waals surface area contributed by atoms with Crippen LogP contribution in [0.2, 0.25) is 0 Å². The Labute approximate surface area is 184 Å². The van der Waals surface area contributed by atoms with E-state index in [4.69, 9.17) is 9.72 Å². The maximum atomic E-state index is 12.4. The lowest BCUT2D eigenvalue weighted by atomic mass is 9.95. The van der Waals surface area contributed by atoms with E-state index in [0.717, 1.165) is 54.5 Å². The molecule has 3 rings (SSSR count). The lowest BCUT2D eigenvalue weighted by molar-refractivity contribution is -0.121. The Hall–Kier alpha value is -2.15. The molecule has 0 unspecified atom stereocenters. The number of carbonyl (C=O) groups excluding carboxylic acids is 1. The van der Waals surface area contributed by atoms with Crippen molar-refractivity contribution >= 4 is 22.6 Å². The van der Waals surface area contributed by atoms with Crippen molar-refractivity contribution in [3.05, 3.63) is 35.7 Å². The maximum absolute atomic E-state index is 12.4. The molecule has 0 spiro atoms. The number of methoxy groups -OCH3 is 1. The second kappa shape index (κ2) is 11.9. The van der Waals surface area contributed by atoms with Gasteiger partial charge in [-0.15, -0.1) is 0 Å². The fourth-order valence-electron chi connectivity index (χ4n) is 3.85. The Balaban J connectivity index is 1.57. The highest BCUT2D eigenvalue weighted by molar-refractivity contribution is 7.09. The number of rotatable bonds is 11. The van der Waals surface area contributed by atoms with E-state index in [1.54, 1.807) is 7.11 Å². The molecule has 0 aliphatic heterocycles. The van der Waals surface area contributed by atoms with Gasteiger partial charge in [-0.25, -0.2) is 4.98 Å². The van der Waals surface area contributed by atoms with Crippen LogP contribution in [0.5, 0.6) is 5.75 Å². The van der Waals surface area contributed by atoms with Gasteiger partial charge in [0, 0.05) is 43.5 Å². The van der Waals surface area contributed by atoms with E-state index < -0.39 is 0 Å². The highest BCUT2D eigenvalue weighted by atomic mass is 32.1. The first kappa shape index (κ1) is 22.5. The molecule has 1 aromatic carbocycles. The van der Waals surface area contributed by atoms with E-state index in [2.05, 4.69) is 27.6 Å². The topological polar surface area (TPSA) is 67.4 Å². The molecule has 7 heteroatoms. The molecule has 164 valence electrons. The van der Waals surface area contributed by atoms with Crippen molar-refractivity contribution in [1.29, 1.82) is 0 Å². The second-order valence-electron chi connectivity index (χ2n) is 8.01. The van der Waals surface area contributed by atoms with Crippen LogP contribution in [0.15, 0.2) is 24.3 Å². The number of anilines is 1. The number of benzene rings is 1. The number of nitrogens with one attached hydrogen (secondary N) is 1. The summed E-state index contributed by atoms with van der Waals surface area (Å²) in [5, 5.41) is 4.13. The molecule has 2 aromatic rings. The van der Waals surface area contributed by atoms with E-state index >= 15 is 0 Å². The predicted octanol–water partition coefficient (Wildman–Crippen LogP) is 4.58. The van der Waals surface area contributed by atoms with Crippen molar-refractivity contribution < 1.29 is 9.53 Å². The maximum Gasteiger partial charge on any atom is 0.221 e. The van der Waals surface area contributed by atoms with Crippen molar-refractivity contribution in [3.8, 4) is 5.75 Å². The van der Waals surface area contributed by atoms with Crippen molar-refractivity contribution in [3.63, 3.8) is 0 Å². The van der Waals surface area contributed by atoms with Gasteiger partial charge in [0.05, 0.1) is 7.11 Å². The van der Waals surface area contributed by atoms with Crippen LogP contribution in [0.1, 0.15) is 69.7 Å². The number of amides is 1. The Bertz CT molecular complexity index is 789. The minimum absolute atomic E-state index is 0.157. The van der Waals surface area contributed by atoms with Crippen LogP contribution in [-0.2, 0) is 11.2 Å². The number of ether oxygens (including phenoxy) is 1. The quantitative estimate of drug-likeness (QED) is 0.565. The van der Waals surface area contributed by atoms with Crippen LogP contribution >= 0.6 is 11.5 Å². The van der Waals surface area contributed by atoms with Gasteiger partial charge in [0.15, 0.2) is 0 Å². The van der Waals surface area contributed by atoms with Crippen molar-refractivity contribution in [2.24, 2.45) is 0 Å². The van der Waals surface area contributed by atoms with E-state index in [0.29, 0.717) is 25.4 Å². The number of unbranched alkanes of at least 4 members (excludes halogenated alkanes) is 1. The van der Waals surface area contributed by atoms with Gasteiger partial charge in [-0.2, -0.15) is 4.37 Å². The summed E-state index contributed by atoms with van der Waals surface area (Å²) < 4.78 is 9.87. The molecule has 1 N–H and O–H groups in total. The van der Waals surface area contributed by atoms with Crippen molar-refractivity contribution in [2.45, 2.75) is 70.8 Å². The van der Waals surface area contributed by atoms with Crippen molar-refractivity contribution in [2.75, 3.05) is 25.1 Å². The smallest absolute Gasteiger partial charge is 0.221 e. The van der Waals surface area contributed by atoms with Crippen LogP contribution in [0.25, 0.3) is 0 Å². The number of hydrogen-bond acceptors (Lipinski definition) is 6. The molecule has 1 saturated carbocycles. The minimum Gasteiger partial charge on any atom is -0.497 e. The van der Waals surface area contributed by atoms with Gasteiger partial charge in [0.1, 0.15) is 11.6 Å². The summed E-state index contributed by atoms with van der Waals surface area (Å²) in [6, 6.07) is 8.37. The van der Waals surface area contributed by atoms with E-state index in [1.165, 1.54) is 30.8 Å². The zero-order valence-electron chi connectivity index (χ0n) is 18.2. The fraction of sp³-hybridized carbons (Fsp3) is 0.609. The van der Waals surface area contributed by atoms with E-state index in [1.807, 2.05) is 18.2 Å². The van der Waals surface area contributed by atoms with Gasteiger partial charge < -0.3 is 15.0 Å². The molecule has 0 radical (unpaired) electrons. The molecule has 0 atom stereocenters. The van der Waals surface area contributed by atoms with Gasteiger partial charge in [-0.1, -0.05) is 44.7 Å². The number of aromatic nitrogens is 2. The Morgan fingerprint density at radius 1 is 1.27 bits per heavy atom. The Morgan fingerprint density at radius 3 is 2.87 bits per heavy atom. The zero-order chi connectivity index (χ0) is 21.2. The first-order valence-corrected chi connectivity index (χ1v) is 11.9. The summed E-state index contributed by atoms with van der Waals surface area (Å²) >= 11 is 1.43. The number of carbonyl (C=O) groups is 1. The molecule has 0 bridgehead atoms. The summed E-state index contributed by atoms with van der Waals surface area (Å²) in [4.78, 5) is 19.4. The van der Waals surface area contributed by atoms with E-state index in [9.17, 15) is 4.79 Å². The summed E-state index contributed by atoms with van der Waals surface area (Å²) in [5.41, 5.74) is 1.13. The third kappa shape index (κ3) is 6.97. The second-order valence-corrected chi connectivity index (χ2v) is 8.74. The van der Waals surface area contributed by atoms with E-state index in [-0.39, 0.29) is 5.91 Å². The molecule has 1 fully saturated rings. The molecular formula is C23H34N4O2S. The average molecular weight is 431 g/mol. The summed E-state index contributed by atoms with van der Waals surface area (Å²) in [7, 11) is 1.67. The molecule has 6 nitrogen and oxygen atoms in total. The third-order valence-corrected chi connectivity index (χ3v) is 6.40. The number of hydrogen-bond donors (Lipinski definition) is 1. The van der Waals surface area contributed by atoms with Crippen LogP contribution in [0.3, 0.4) is 0 Å². The first-order chi connectivity index (χ1) is 14.7. The summed E-state index contributed by atoms with van der Waals surface area (Å²) in [6.45, 7) is 3.77. The number of nitrogens with zero attached hydrogens (tertiary/aromatic N) is 3. The summed E-state index contributed by atoms with van der Waals surface area (Å²) in [5.74, 6) is 1.82. The largest absolute Gasteiger partial charge is 0.497 e. The fourth-order valence-corrected chi connectivity index (χ4v) is 4.58. The zero-order valence-corrected chi connectivity index (χ0v) is 19.0. The van der Waals surface area contributed by atoms with Crippen LogP contribution in [0.4, 0.5) is 5.13 Å². The molecule has 1 aliphatic carbocycles. The highest BCUT2D eigenvalue weighted by Gasteiger charge is 2.18. The molecule has 1 amide bonds. The van der Waals surface area contributed by atoms with Crippen LogP contribution in [0, 0.1) is 0 Å². The SMILES string of the molecule is CCCCN(CCC(=O)NC1CCCCC1)c1nc(Cc2cccc(OC)c2)ns1. The molecule has 1 heterocycles. The minimum atomic E-state index is 0.157. The van der Waals surface area contributed by atoms with Gasteiger partial charge in [-0.05, 0) is 37.0 Å². The van der Waals surface area contributed by atoms with Gasteiger partial charge in [-0.3, -0.25) is 4.79 Å².